The van der Waals surface area contributed by atoms with E-state index in [0.29, 0.717) is 17.6 Å². The smallest absolute Gasteiger partial charge is 0.161 e. The summed E-state index contributed by atoms with van der Waals surface area (Å²) in [4.78, 5) is 10.2. The predicted molar refractivity (Wildman–Crippen MR) is 47.3 cm³/mol. The standard InChI is InChI=1S/C8H8O3.ClH/c1-11-8-4-6(5-9)2-3-7(8)10;/h2-5,10H,1H3;1H. The Morgan fingerprint density at radius 2 is 2.17 bits per heavy atom. The van der Waals surface area contributed by atoms with Crippen LogP contribution < -0.4 is 4.74 Å². The first kappa shape index (κ1) is 10.8. The van der Waals surface area contributed by atoms with Crippen LogP contribution in [0, 0.1) is 0 Å². The van der Waals surface area contributed by atoms with Gasteiger partial charge in [0.2, 0.25) is 0 Å². The fourth-order valence-electron chi connectivity index (χ4n) is 0.768. The SMILES string of the molecule is COc1cc(C=O)ccc1O.Cl. The summed E-state index contributed by atoms with van der Waals surface area (Å²) in [5.74, 6) is 0.354. The van der Waals surface area contributed by atoms with Crippen molar-refractivity contribution in [1.29, 1.82) is 0 Å². The van der Waals surface area contributed by atoms with E-state index < -0.39 is 0 Å². The Balaban J connectivity index is 0.00000121. The lowest BCUT2D eigenvalue weighted by molar-refractivity contribution is 0.112. The molecule has 0 amide bonds. The molecular formula is C8H9ClO3. The highest BCUT2D eigenvalue weighted by Gasteiger charge is 2.00. The van der Waals surface area contributed by atoms with Crippen LogP contribution in [-0.2, 0) is 0 Å². The highest BCUT2D eigenvalue weighted by atomic mass is 35.5. The van der Waals surface area contributed by atoms with Crippen LogP contribution in [0.1, 0.15) is 10.4 Å². The molecule has 1 rings (SSSR count). The molecule has 4 heteroatoms. The van der Waals surface area contributed by atoms with E-state index in [1.807, 2.05) is 0 Å². The monoisotopic (exact) mass is 188 g/mol. The first-order valence-corrected chi connectivity index (χ1v) is 3.10. The Labute approximate surface area is 76.4 Å². The number of hydrogen-bond acceptors (Lipinski definition) is 3. The highest BCUT2D eigenvalue weighted by Crippen LogP contribution is 2.25. The van der Waals surface area contributed by atoms with Gasteiger partial charge in [-0.3, -0.25) is 4.79 Å². The minimum Gasteiger partial charge on any atom is -0.504 e. The summed E-state index contributed by atoms with van der Waals surface area (Å²) in [5.41, 5.74) is 0.486. The van der Waals surface area contributed by atoms with Crippen molar-refractivity contribution in [2.75, 3.05) is 7.11 Å². The number of methoxy groups -OCH3 is 1. The molecule has 0 aromatic heterocycles. The second kappa shape index (κ2) is 4.62. The van der Waals surface area contributed by atoms with Gasteiger partial charge in [-0.1, -0.05) is 0 Å². The predicted octanol–water partition coefficient (Wildman–Crippen LogP) is 1.64. The third-order valence-electron chi connectivity index (χ3n) is 1.34. The molecule has 3 nitrogen and oxygen atoms in total. The number of aldehydes is 1. The van der Waals surface area contributed by atoms with Crippen molar-refractivity contribution in [3.8, 4) is 11.5 Å². The van der Waals surface area contributed by atoms with Crippen molar-refractivity contribution in [2.45, 2.75) is 0 Å². The maximum Gasteiger partial charge on any atom is 0.161 e. The quantitative estimate of drug-likeness (QED) is 0.718. The Bertz CT molecular complexity index is 273. The van der Waals surface area contributed by atoms with Gasteiger partial charge in [0.25, 0.3) is 0 Å². The number of aromatic hydroxyl groups is 1. The Kier molecular flexibility index (Phi) is 4.15. The van der Waals surface area contributed by atoms with E-state index in [1.165, 1.54) is 25.3 Å². The Morgan fingerprint density at radius 3 is 2.67 bits per heavy atom. The molecule has 12 heavy (non-hydrogen) atoms. The second-order valence-corrected chi connectivity index (χ2v) is 2.05. The van der Waals surface area contributed by atoms with Crippen LogP contribution >= 0.6 is 12.4 Å². The number of rotatable bonds is 2. The van der Waals surface area contributed by atoms with Gasteiger partial charge in [-0.2, -0.15) is 0 Å². The second-order valence-electron chi connectivity index (χ2n) is 2.05. The Morgan fingerprint density at radius 1 is 1.50 bits per heavy atom. The molecule has 0 aliphatic rings. The minimum absolute atomic E-state index is 0. The summed E-state index contributed by atoms with van der Waals surface area (Å²) in [7, 11) is 1.43. The molecule has 0 radical (unpaired) electrons. The first-order valence-electron chi connectivity index (χ1n) is 3.10. The molecule has 0 aliphatic heterocycles. The number of hydrogen-bond donors (Lipinski definition) is 1. The van der Waals surface area contributed by atoms with Crippen LogP contribution in [0.2, 0.25) is 0 Å². The van der Waals surface area contributed by atoms with Crippen molar-refractivity contribution in [3.63, 3.8) is 0 Å². The number of halogens is 1. The molecule has 0 spiro atoms. The van der Waals surface area contributed by atoms with E-state index in [0.717, 1.165) is 0 Å². The first-order chi connectivity index (χ1) is 5.27. The van der Waals surface area contributed by atoms with Crippen LogP contribution in [-0.4, -0.2) is 18.5 Å². The Hall–Kier alpha value is -1.22. The van der Waals surface area contributed by atoms with Gasteiger partial charge in [0.1, 0.15) is 6.29 Å². The van der Waals surface area contributed by atoms with Crippen molar-refractivity contribution in [1.82, 2.24) is 0 Å². The average Bonchev–Trinajstić information content (AvgIpc) is 2.05. The zero-order valence-corrected chi connectivity index (χ0v) is 7.30. The maximum absolute atomic E-state index is 10.2. The number of benzene rings is 1. The van der Waals surface area contributed by atoms with Gasteiger partial charge in [-0.15, -0.1) is 12.4 Å². The summed E-state index contributed by atoms with van der Waals surface area (Å²) >= 11 is 0. The zero-order valence-electron chi connectivity index (χ0n) is 6.48. The molecule has 0 bridgehead atoms. The molecule has 0 saturated carbocycles. The van der Waals surface area contributed by atoms with E-state index in [9.17, 15) is 4.79 Å². The highest BCUT2D eigenvalue weighted by molar-refractivity contribution is 5.85. The van der Waals surface area contributed by atoms with Gasteiger partial charge in [-0.25, -0.2) is 0 Å². The number of phenolic OH excluding ortho intramolecular Hbond substituents is 1. The van der Waals surface area contributed by atoms with Crippen molar-refractivity contribution >= 4 is 18.7 Å². The zero-order chi connectivity index (χ0) is 8.27. The van der Waals surface area contributed by atoms with Gasteiger partial charge in [0, 0.05) is 5.56 Å². The van der Waals surface area contributed by atoms with Crippen molar-refractivity contribution in [2.24, 2.45) is 0 Å². The van der Waals surface area contributed by atoms with E-state index >= 15 is 0 Å². The maximum atomic E-state index is 10.2. The number of carbonyl (C=O) groups excluding carboxylic acids is 1. The molecule has 66 valence electrons. The molecule has 0 atom stereocenters. The summed E-state index contributed by atoms with van der Waals surface area (Å²) in [6, 6.07) is 4.41. The molecular weight excluding hydrogens is 180 g/mol. The lowest BCUT2D eigenvalue weighted by Gasteiger charge is -2.01. The van der Waals surface area contributed by atoms with Crippen molar-refractivity contribution in [3.05, 3.63) is 23.8 Å². The minimum atomic E-state index is 0. The molecule has 0 saturated heterocycles. The van der Waals surface area contributed by atoms with Gasteiger partial charge >= 0.3 is 0 Å². The molecule has 1 aromatic carbocycles. The van der Waals surface area contributed by atoms with Gasteiger partial charge in [0.15, 0.2) is 11.5 Å². The number of carbonyl (C=O) groups is 1. The fourth-order valence-corrected chi connectivity index (χ4v) is 0.768. The van der Waals surface area contributed by atoms with Crippen LogP contribution in [0.25, 0.3) is 0 Å². The molecule has 0 unspecified atom stereocenters. The van der Waals surface area contributed by atoms with E-state index in [1.54, 1.807) is 0 Å². The van der Waals surface area contributed by atoms with E-state index in [4.69, 9.17) is 9.84 Å². The lowest BCUT2D eigenvalue weighted by Crippen LogP contribution is -1.85. The largest absolute Gasteiger partial charge is 0.504 e. The van der Waals surface area contributed by atoms with Gasteiger partial charge < -0.3 is 9.84 Å². The molecule has 1 N–H and O–H groups in total. The molecule has 0 fully saturated rings. The normalized spacial score (nSPS) is 8.42. The summed E-state index contributed by atoms with van der Waals surface area (Å²) < 4.78 is 4.78. The van der Waals surface area contributed by atoms with Crippen LogP contribution in [0.15, 0.2) is 18.2 Å². The van der Waals surface area contributed by atoms with E-state index in [-0.39, 0.29) is 18.2 Å². The van der Waals surface area contributed by atoms with Crippen LogP contribution in [0.3, 0.4) is 0 Å². The van der Waals surface area contributed by atoms with Gasteiger partial charge in [0.05, 0.1) is 7.11 Å². The number of phenols is 1. The molecule has 0 aliphatic carbocycles. The van der Waals surface area contributed by atoms with Crippen LogP contribution in [0.4, 0.5) is 0 Å². The third-order valence-corrected chi connectivity index (χ3v) is 1.34. The van der Waals surface area contributed by atoms with E-state index in [2.05, 4.69) is 0 Å². The fraction of sp³-hybridized carbons (Fsp3) is 0.125. The third kappa shape index (κ3) is 2.13. The molecule has 1 aromatic rings. The summed E-state index contributed by atoms with van der Waals surface area (Å²) in [5, 5.41) is 9.09. The van der Waals surface area contributed by atoms with Crippen molar-refractivity contribution < 1.29 is 14.6 Å². The van der Waals surface area contributed by atoms with Crippen LogP contribution in [0.5, 0.6) is 11.5 Å². The van der Waals surface area contributed by atoms with Gasteiger partial charge in [-0.05, 0) is 18.2 Å². The lowest BCUT2D eigenvalue weighted by atomic mass is 10.2. The average molecular weight is 189 g/mol. The number of ether oxygens (including phenoxy) is 1. The summed E-state index contributed by atoms with van der Waals surface area (Å²) in [6.45, 7) is 0. The topological polar surface area (TPSA) is 46.5 Å². The summed E-state index contributed by atoms with van der Waals surface area (Å²) in [6.07, 6.45) is 0.696. The molecule has 0 heterocycles.